The number of nitrogens with zero attached hydrogens (tertiary/aromatic N) is 1. The van der Waals surface area contributed by atoms with Crippen LogP contribution in [-0.2, 0) is 4.79 Å². The minimum atomic E-state index is -0.712. The predicted octanol–water partition coefficient (Wildman–Crippen LogP) is 2.36. The quantitative estimate of drug-likeness (QED) is 0.894. The molecule has 5 nitrogen and oxygen atoms in total. The highest BCUT2D eigenvalue weighted by atomic mass is 35.5. The van der Waals surface area contributed by atoms with Gasteiger partial charge in [-0.25, -0.2) is 0 Å². The molecule has 0 aromatic carbocycles. The number of carboxylic acids is 1. The molecule has 6 heteroatoms. The van der Waals surface area contributed by atoms with E-state index in [-0.39, 0.29) is 11.8 Å². The van der Waals surface area contributed by atoms with Gasteiger partial charge in [0.25, 0.3) is 5.91 Å². The number of halogens is 1. The van der Waals surface area contributed by atoms with Gasteiger partial charge in [-0.2, -0.15) is 0 Å². The van der Waals surface area contributed by atoms with Crippen molar-refractivity contribution in [3.8, 4) is 0 Å². The van der Waals surface area contributed by atoms with E-state index in [9.17, 15) is 9.59 Å². The highest BCUT2D eigenvalue weighted by Crippen LogP contribution is 2.28. The van der Waals surface area contributed by atoms with E-state index in [1.54, 1.807) is 6.07 Å². The largest absolute Gasteiger partial charge is 0.481 e. The molecule has 0 saturated heterocycles. The minimum Gasteiger partial charge on any atom is -0.481 e. The second-order valence-electron chi connectivity index (χ2n) is 5.12. The first kappa shape index (κ1) is 14.8. The Kier molecular flexibility index (Phi) is 4.95. The van der Waals surface area contributed by atoms with Gasteiger partial charge < -0.3 is 10.4 Å². The van der Waals surface area contributed by atoms with Crippen LogP contribution in [0.1, 0.15) is 36.0 Å². The lowest BCUT2D eigenvalue weighted by atomic mass is 9.82. The fourth-order valence-corrected chi connectivity index (χ4v) is 2.71. The van der Waals surface area contributed by atoms with E-state index in [1.807, 2.05) is 0 Å². The summed E-state index contributed by atoms with van der Waals surface area (Å²) in [5, 5.41) is 12.1. The van der Waals surface area contributed by atoms with E-state index in [4.69, 9.17) is 16.7 Å². The molecule has 1 heterocycles. The summed E-state index contributed by atoms with van der Waals surface area (Å²) in [6.07, 6.45) is 6.01. The first-order chi connectivity index (χ1) is 9.58. The van der Waals surface area contributed by atoms with Crippen molar-refractivity contribution >= 4 is 23.5 Å². The van der Waals surface area contributed by atoms with Crippen molar-refractivity contribution in [3.05, 3.63) is 29.0 Å². The van der Waals surface area contributed by atoms with Crippen molar-refractivity contribution in [2.75, 3.05) is 6.54 Å². The Morgan fingerprint density at radius 2 is 2.05 bits per heavy atom. The predicted molar refractivity (Wildman–Crippen MR) is 74.7 cm³/mol. The van der Waals surface area contributed by atoms with Crippen molar-refractivity contribution < 1.29 is 14.7 Å². The van der Waals surface area contributed by atoms with Crippen LogP contribution in [0, 0.1) is 11.8 Å². The Hall–Kier alpha value is -1.62. The lowest BCUT2D eigenvalue weighted by molar-refractivity contribution is -0.143. The van der Waals surface area contributed by atoms with Crippen LogP contribution >= 0.6 is 11.6 Å². The van der Waals surface area contributed by atoms with E-state index in [0.29, 0.717) is 35.9 Å². The maximum Gasteiger partial charge on any atom is 0.306 e. The Balaban J connectivity index is 1.80. The van der Waals surface area contributed by atoms with Gasteiger partial charge in [-0.05, 0) is 37.7 Å². The number of hydrogen-bond donors (Lipinski definition) is 2. The first-order valence-corrected chi connectivity index (χ1v) is 7.06. The standard InChI is InChI=1S/C14H17ClN2O3/c15-12-8-16-6-5-11(12)13(18)17-7-9-1-3-10(4-2-9)14(19)20/h5-6,8-10H,1-4,7H2,(H,17,18)(H,19,20). The first-order valence-electron chi connectivity index (χ1n) is 6.68. The molecule has 1 aromatic heterocycles. The van der Waals surface area contributed by atoms with Crippen LogP contribution in [0.25, 0.3) is 0 Å². The molecule has 2 rings (SSSR count). The van der Waals surface area contributed by atoms with Crippen molar-refractivity contribution in [1.29, 1.82) is 0 Å². The molecular formula is C14H17ClN2O3. The average molecular weight is 297 g/mol. The SMILES string of the molecule is O=C(NCC1CCC(C(=O)O)CC1)c1ccncc1Cl. The lowest BCUT2D eigenvalue weighted by Crippen LogP contribution is -2.32. The topological polar surface area (TPSA) is 79.3 Å². The monoisotopic (exact) mass is 296 g/mol. The molecule has 20 heavy (non-hydrogen) atoms. The van der Waals surface area contributed by atoms with E-state index in [2.05, 4.69) is 10.3 Å². The number of hydrogen-bond acceptors (Lipinski definition) is 3. The molecule has 108 valence electrons. The molecule has 1 aliphatic rings. The molecule has 0 aliphatic heterocycles. The molecule has 0 unspecified atom stereocenters. The number of pyridine rings is 1. The van der Waals surface area contributed by atoms with E-state index >= 15 is 0 Å². The van der Waals surface area contributed by atoms with Gasteiger partial charge in [0.1, 0.15) is 0 Å². The Labute approximate surface area is 122 Å². The summed E-state index contributed by atoms with van der Waals surface area (Å²) >= 11 is 5.91. The smallest absolute Gasteiger partial charge is 0.306 e. The van der Waals surface area contributed by atoms with Crippen molar-refractivity contribution in [1.82, 2.24) is 10.3 Å². The molecule has 1 amide bonds. The fourth-order valence-electron chi connectivity index (χ4n) is 2.51. The van der Waals surface area contributed by atoms with Crippen LogP contribution in [0.4, 0.5) is 0 Å². The molecule has 2 N–H and O–H groups in total. The molecule has 1 aromatic rings. The van der Waals surface area contributed by atoms with Gasteiger partial charge in [-0.3, -0.25) is 14.6 Å². The summed E-state index contributed by atoms with van der Waals surface area (Å²) < 4.78 is 0. The van der Waals surface area contributed by atoms with Crippen molar-refractivity contribution in [2.24, 2.45) is 11.8 Å². The lowest BCUT2D eigenvalue weighted by Gasteiger charge is -2.26. The summed E-state index contributed by atoms with van der Waals surface area (Å²) in [4.78, 5) is 26.7. The average Bonchev–Trinajstić information content (AvgIpc) is 2.45. The summed E-state index contributed by atoms with van der Waals surface area (Å²) in [6, 6.07) is 1.58. The van der Waals surface area contributed by atoms with Gasteiger partial charge in [0.15, 0.2) is 0 Å². The summed E-state index contributed by atoms with van der Waals surface area (Å²) in [7, 11) is 0. The third-order valence-electron chi connectivity index (χ3n) is 3.76. The second kappa shape index (κ2) is 6.70. The van der Waals surface area contributed by atoms with Gasteiger partial charge in [-0.15, -0.1) is 0 Å². The maximum absolute atomic E-state index is 12.0. The van der Waals surface area contributed by atoms with Crippen LogP contribution in [0.3, 0.4) is 0 Å². The van der Waals surface area contributed by atoms with E-state index in [1.165, 1.54) is 12.4 Å². The fraction of sp³-hybridized carbons (Fsp3) is 0.500. The molecule has 0 atom stereocenters. The zero-order chi connectivity index (χ0) is 14.5. The van der Waals surface area contributed by atoms with Crippen LogP contribution in [0.2, 0.25) is 5.02 Å². The molecule has 0 bridgehead atoms. The van der Waals surface area contributed by atoms with Gasteiger partial charge in [0.2, 0.25) is 0 Å². The summed E-state index contributed by atoms with van der Waals surface area (Å²) in [5.41, 5.74) is 0.417. The summed E-state index contributed by atoms with van der Waals surface area (Å²) in [6.45, 7) is 0.559. The minimum absolute atomic E-state index is 0.210. The van der Waals surface area contributed by atoms with Crippen molar-refractivity contribution in [3.63, 3.8) is 0 Å². The Morgan fingerprint density at radius 3 is 2.65 bits per heavy atom. The van der Waals surface area contributed by atoms with Crippen LogP contribution in [0.15, 0.2) is 18.5 Å². The maximum atomic E-state index is 12.0. The van der Waals surface area contributed by atoms with Gasteiger partial charge in [0.05, 0.1) is 16.5 Å². The highest BCUT2D eigenvalue weighted by Gasteiger charge is 2.26. The normalized spacial score (nSPS) is 22.2. The Morgan fingerprint density at radius 1 is 1.35 bits per heavy atom. The van der Waals surface area contributed by atoms with E-state index in [0.717, 1.165) is 12.8 Å². The van der Waals surface area contributed by atoms with E-state index < -0.39 is 5.97 Å². The molecule has 1 fully saturated rings. The zero-order valence-electron chi connectivity index (χ0n) is 11.0. The highest BCUT2D eigenvalue weighted by molar-refractivity contribution is 6.33. The molecule has 1 saturated carbocycles. The van der Waals surface area contributed by atoms with Crippen LogP contribution in [0.5, 0.6) is 0 Å². The second-order valence-corrected chi connectivity index (χ2v) is 5.53. The summed E-state index contributed by atoms with van der Waals surface area (Å²) in [5.74, 6) is -0.805. The van der Waals surface area contributed by atoms with Gasteiger partial charge in [-0.1, -0.05) is 11.6 Å². The molecule has 1 aliphatic carbocycles. The number of rotatable bonds is 4. The Bertz CT molecular complexity index is 499. The number of carbonyl (C=O) groups is 2. The number of aliphatic carboxylic acids is 1. The number of nitrogens with one attached hydrogen (secondary N) is 1. The van der Waals surface area contributed by atoms with Gasteiger partial charge >= 0.3 is 5.97 Å². The molecule has 0 radical (unpaired) electrons. The molecular weight excluding hydrogens is 280 g/mol. The third-order valence-corrected chi connectivity index (χ3v) is 4.07. The van der Waals surface area contributed by atoms with Gasteiger partial charge in [0, 0.05) is 18.9 Å². The number of carboxylic acid groups (broad SMARTS) is 1. The number of amides is 1. The number of carbonyl (C=O) groups excluding carboxylic acids is 1. The van der Waals surface area contributed by atoms with Crippen LogP contribution in [-0.4, -0.2) is 28.5 Å². The van der Waals surface area contributed by atoms with Crippen LogP contribution < -0.4 is 5.32 Å². The number of aromatic nitrogens is 1. The van der Waals surface area contributed by atoms with Crippen molar-refractivity contribution in [2.45, 2.75) is 25.7 Å². The third kappa shape index (κ3) is 3.70. The molecule has 0 spiro atoms. The zero-order valence-corrected chi connectivity index (χ0v) is 11.8.